The third-order valence-corrected chi connectivity index (χ3v) is 6.02. The third kappa shape index (κ3) is 7.49. The molecule has 37 heavy (non-hydrogen) atoms. The zero-order valence-corrected chi connectivity index (χ0v) is 21.4. The van der Waals surface area contributed by atoms with E-state index in [9.17, 15) is 18.0 Å². The minimum atomic E-state index is -4.41. The number of alkyl halides is 3. The number of hydrogen-bond donors (Lipinski definition) is 2. The van der Waals surface area contributed by atoms with Crippen LogP contribution < -0.4 is 20.1 Å². The fourth-order valence-electron chi connectivity index (χ4n) is 4.21. The number of amides is 1. The molecule has 0 radical (unpaired) electrons. The summed E-state index contributed by atoms with van der Waals surface area (Å²) >= 11 is 0. The molecule has 3 aromatic rings. The molecule has 0 fully saturated rings. The van der Waals surface area contributed by atoms with Gasteiger partial charge in [0.2, 0.25) is 5.91 Å². The molecule has 0 spiro atoms. The lowest BCUT2D eigenvalue weighted by Crippen LogP contribution is -2.36. The first-order chi connectivity index (χ1) is 17.6. The van der Waals surface area contributed by atoms with Crippen molar-refractivity contribution in [3.05, 3.63) is 95.1 Å². The van der Waals surface area contributed by atoms with Crippen molar-refractivity contribution >= 4 is 5.91 Å². The summed E-state index contributed by atoms with van der Waals surface area (Å²) in [7, 11) is 3.14. The van der Waals surface area contributed by atoms with Crippen molar-refractivity contribution < 1.29 is 27.4 Å². The number of nitrogens with one attached hydrogen (secondary N) is 2. The molecule has 2 atom stereocenters. The molecule has 0 heterocycles. The number of benzene rings is 3. The van der Waals surface area contributed by atoms with E-state index in [0.29, 0.717) is 24.5 Å². The summed E-state index contributed by atoms with van der Waals surface area (Å²) in [4.78, 5) is 12.6. The van der Waals surface area contributed by atoms with Gasteiger partial charge in [0.25, 0.3) is 0 Å². The highest BCUT2D eigenvalue weighted by Gasteiger charge is 2.30. The van der Waals surface area contributed by atoms with Crippen molar-refractivity contribution in [1.82, 2.24) is 10.6 Å². The van der Waals surface area contributed by atoms with Gasteiger partial charge >= 0.3 is 6.18 Å². The normalized spacial score (nSPS) is 13.2. The van der Waals surface area contributed by atoms with Crippen LogP contribution in [0.3, 0.4) is 0 Å². The van der Waals surface area contributed by atoms with E-state index in [0.717, 1.165) is 28.8 Å². The Labute approximate surface area is 216 Å². The quantitative estimate of drug-likeness (QED) is 0.325. The lowest BCUT2D eigenvalue weighted by molar-refractivity contribution is -0.137. The average Bonchev–Trinajstić information content (AvgIpc) is 2.88. The van der Waals surface area contributed by atoms with E-state index in [1.807, 2.05) is 56.3 Å². The van der Waals surface area contributed by atoms with E-state index in [2.05, 4.69) is 10.6 Å². The molecule has 0 saturated heterocycles. The van der Waals surface area contributed by atoms with Gasteiger partial charge in [0.15, 0.2) is 11.5 Å². The molecule has 2 N–H and O–H groups in total. The van der Waals surface area contributed by atoms with Gasteiger partial charge in [0.1, 0.15) is 6.04 Å². The molecule has 198 valence electrons. The summed E-state index contributed by atoms with van der Waals surface area (Å²) in [6, 6.07) is 19.6. The fraction of sp³-hybridized carbons (Fsp3) is 0.345. The van der Waals surface area contributed by atoms with Gasteiger partial charge in [-0.2, -0.15) is 13.2 Å². The van der Waals surface area contributed by atoms with Gasteiger partial charge in [0.05, 0.1) is 18.8 Å². The summed E-state index contributed by atoms with van der Waals surface area (Å²) < 4.78 is 50.9. The standard InChI is InChI=1S/C29H33F3N2O3/c1-19(2)37-26-18-22(12-15-25(26)36-4)24(20-10-13-23(14-11-20)29(30,31)32)16-17-34-27(28(35)33-3)21-8-6-5-7-9-21/h5-15,18-19,24,27,34H,16-17H2,1-4H3,(H,33,35)/t24-,27+/m0/s1. The maximum atomic E-state index is 13.2. The third-order valence-electron chi connectivity index (χ3n) is 6.02. The largest absolute Gasteiger partial charge is 0.493 e. The zero-order chi connectivity index (χ0) is 27.0. The fourth-order valence-corrected chi connectivity index (χ4v) is 4.21. The molecule has 1 amide bonds. The Hall–Kier alpha value is -3.52. The van der Waals surface area contributed by atoms with E-state index < -0.39 is 17.8 Å². The minimum absolute atomic E-state index is 0.0884. The molecule has 0 aliphatic carbocycles. The van der Waals surface area contributed by atoms with Crippen LogP contribution in [-0.2, 0) is 11.0 Å². The van der Waals surface area contributed by atoms with Crippen LogP contribution in [-0.4, -0.2) is 32.7 Å². The highest BCUT2D eigenvalue weighted by Crippen LogP contribution is 2.37. The van der Waals surface area contributed by atoms with Crippen LogP contribution in [0.15, 0.2) is 72.8 Å². The molecule has 3 rings (SSSR count). The first-order valence-electron chi connectivity index (χ1n) is 12.2. The lowest BCUT2D eigenvalue weighted by Gasteiger charge is -2.23. The number of likely N-dealkylation sites (N-methyl/N-ethyl adjacent to an activating group) is 1. The molecule has 0 aliphatic rings. The van der Waals surface area contributed by atoms with Crippen LogP contribution in [0.2, 0.25) is 0 Å². The van der Waals surface area contributed by atoms with Crippen molar-refractivity contribution in [2.75, 3.05) is 20.7 Å². The smallest absolute Gasteiger partial charge is 0.416 e. The minimum Gasteiger partial charge on any atom is -0.493 e. The predicted octanol–water partition coefficient (Wildman–Crippen LogP) is 6.10. The van der Waals surface area contributed by atoms with Gasteiger partial charge in [-0.15, -0.1) is 0 Å². The van der Waals surface area contributed by atoms with Crippen LogP contribution in [0.5, 0.6) is 11.5 Å². The van der Waals surface area contributed by atoms with E-state index in [1.54, 1.807) is 20.2 Å². The highest BCUT2D eigenvalue weighted by atomic mass is 19.4. The van der Waals surface area contributed by atoms with Crippen LogP contribution in [0.4, 0.5) is 13.2 Å². The SMILES string of the molecule is CNC(=O)[C@H](NCC[C@@H](c1ccc(C(F)(F)F)cc1)c1ccc(OC)c(OC(C)C)c1)c1ccccc1. The Morgan fingerprint density at radius 3 is 2.11 bits per heavy atom. The molecular weight excluding hydrogens is 481 g/mol. The second kappa shape index (κ2) is 12.6. The Bertz CT molecular complexity index is 1150. The average molecular weight is 515 g/mol. The second-order valence-corrected chi connectivity index (χ2v) is 8.95. The highest BCUT2D eigenvalue weighted by molar-refractivity contribution is 5.82. The lowest BCUT2D eigenvalue weighted by atomic mass is 9.87. The Balaban J connectivity index is 1.92. The van der Waals surface area contributed by atoms with Crippen LogP contribution in [0.25, 0.3) is 0 Å². The van der Waals surface area contributed by atoms with Crippen molar-refractivity contribution in [3.8, 4) is 11.5 Å². The summed E-state index contributed by atoms with van der Waals surface area (Å²) in [5, 5.41) is 6.00. The first-order valence-corrected chi connectivity index (χ1v) is 12.2. The Morgan fingerprint density at radius 2 is 1.54 bits per heavy atom. The monoisotopic (exact) mass is 514 g/mol. The summed E-state index contributed by atoms with van der Waals surface area (Å²) in [6.07, 6.45) is -3.97. The number of ether oxygens (including phenoxy) is 2. The number of methoxy groups -OCH3 is 1. The summed E-state index contributed by atoms with van der Waals surface area (Å²) in [5.41, 5.74) is 1.72. The van der Waals surface area contributed by atoms with E-state index >= 15 is 0 Å². The number of carbonyl (C=O) groups excluding carboxylic acids is 1. The molecule has 0 aliphatic heterocycles. The summed E-state index contributed by atoms with van der Waals surface area (Å²) in [5.74, 6) is 0.712. The molecule has 0 saturated carbocycles. The number of hydrogen-bond acceptors (Lipinski definition) is 4. The van der Waals surface area contributed by atoms with Gasteiger partial charge in [-0.25, -0.2) is 0 Å². The molecule has 0 aromatic heterocycles. The van der Waals surface area contributed by atoms with Gasteiger partial charge in [-0.05, 0) is 67.8 Å². The zero-order valence-electron chi connectivity index (χ0n) is 21.4. The second-order valence-electron chi connectivity index (χ2n) is 8.95. The molecule has 5 nitrogen and oxygen atoms in total. The number of rotatable bonds is 11. The van der Waals surface area contributed by atoms with E-state index in [4.69, 9.17) is 9.47 Å². The molecule has 0 unspecified atom stereocenters. The van der Waals surface area contributed by atoms with Crippen LogP contribution in [0, 0.1) is 0 Å². The summed E-state index contributed by atoms with van der Waals surface area (Å²) in [6.45, 7) is 4.25. The first kappa shape index (κ1) is 28.1. The van der Waals surface area contributed by atoms with Crippen molar-refractivity contribution in [2.24, 2.45) is 0 Å². The molecular formula is C29H33F3N2O3. The predicted molar refractivity (Wildman–Crippen MR) is 138 cm³/mol. The van der Waals surface area contributed by atoms with Crippen molar-refractivity contribution in [3.63, 3.8) is 0 Å². The van der Waals surface area contributed by atoms with Gasteiger partial charge in [0, 0.05) is 13.0 Å². The Morgan fingerprint density at radius 1 is 0.892 bits per heavy atom. The number of carbonyl (C=O) groups is 1. The van der Waals surface area contributed by atoms with Crippen molar-refractivity contribution in [1.29, 1.82) is 0 Å². The molecule has 8 heteroatoms. The number of halogens is 3. The molecule has 3 aromatic carbocycles. The van der Waals surface area contributed by atoms with E-state index in [-0.39, 0.29) is 17.9 Å². The van der Waals surface area contributed by atoms with Gasteiger partial charge in [-0.3, -0.25) is 4.79 Å². The van der Waals surface area contributed by atoms with Gasteiger partial charge in [-0.1, -0.05) is 48.5 Å². The van der Waals surface area contributed by atoms with Crippen LogP contribution >= 0.6 is 0 Å². The van der Waals surface area contributed by atoms with Crippen LogP contribution in [0.1, 0.15) is 54.5 Å². The maximum absolute atomic E-state index is 13.2. The molecule has 0 bridgehead atoms. The van der Waals surface area contributed by atoms with Gasteiger partial charge < -0.3 is 20.1 Å². The van der Waals surface area contributed by atoms with E-state index in [1.165, 1.54) is 12.1 Å². The maximum Gasteiger partial charge on any atom is 0.416 e. The van der Waals surface area contributed by atoms with Crippen molar-refractivity contribution in [2.45, 2.75) is 44.5 Å². The topological polar surface area (TPSA) is 59.6 Å². The Kier molecular flexibility index (Phi) is 9.58.